The summed E-state index contributed by atoms with van der Waals surface area (Å²) in [5, 5.41) is 3.28. The van der Waals surface area contributed by atoms with Crippen molar-refractivity contribution >= 4 is 5.91 Å². The maximum Gasteiger partial charge on any atom is 0.240 e. The van der Waals surface area contributed by atoms with Crippen molar-refractivity contribution in [2.45, 2.75) is 44.7 Å². The molecule has 0 aromatic rings. The fourth-order valence-corrected chi connectivity index (χ4v) is 2.65. The van der Waals surface area contributed by atoms with Crippen LogP contribution in [-0.2, 0) is 9.53 Å². The lowest BCUT2D eigenvalue weighted by Gasteiger charge is -2.27. The van der Waals surface area contributed by atoms with Crippen LogP contribution >= 0.6 is 0 Å². The zero-order valence-electron chi connectivity index (χ0n) is 10.1. The highest BCUT2D eigenvalue weighted by molar-refractivity contribution is 5.82. The number of nitrogens with zero attached hydrogens (tertiary/aromatic N) is 1. The maximum atomic E-state index is 12.2. The molecule has 2 saturated heterocycles. The molecule has 92 valence electrons. The Morgan fingerprint density at radius 1 is 1.44 bits per heavy atom. The van der Waals surface area contributed by atoms with E-state index in [0.29, 0.717) is 18.6 Å². The first-order chi connectivity index (χ1) is 7.83. The predicted octanol–water partition coefficient (Wildman–Crippen LogP) is 0.766. The van der Waals surface area contributed by atoms with E-state index < -0.39 is 0 Å². The average molecular weight is 226 g/mol. The minimum Gasteiger partial charge on any atom is -0.380 e. The standard InChI is InChI=1S/C12H22N2O2/c1-2-16-9-10-5-4-8-14(10)12(15)11-6-3-7-13-11/h10-11,13H,2-9H2,1H3. The smallest absolute Gasteiger partial charge is 0.240 e. The average Bonchev–Trinajstić information content (AvgIpc) is 2.96. The molecule has 16 heavy (non-hydrogen) atoms. The van der Waals surface area contributed by atoms with Gasteiger partial charge in [0.2, 0.25) is 5.91 Å². The highest BCUT2D eigenvalue weighted by Gasteiger charge is 2.33. The normalized spacial score (nSPS) is 29.9. The Balaban J connectivity index is 1.88. The molecule has 2 aliphatic rings. The monoisotopic (exact) mass is 226 g/mol. The SMILES string of the molecule is CCOCC1CCCN1C(=O)C1CCCN1. The van der Waals surface area contributed by atoms with Crippen molar-refractivity contribution in [1.82, 2.24) is 10.2 Å². The molecule has 2 fully saturated rings. The molecule has 4 nitrogen and oxygen atoms in total. The highest BCUT2D eigenvalue weighted by atomic mass is 16.5. The van der Waals surface area contributed by atoms with Gasteiger partial charge >= 0.3 is 0 Å². The van der Waals surface area contributed by atoms with Crippen LogP contribution in [0, 0.1) is 0 Å². The summed E-state index contributed by atoms with van der Waals surface area (Å²) < 4.78 is 5.45. The number of amides is 1. The molecule has 4 heteroatoms. The van der Waals surface area contributed by atoms with Crippen LogP contribution in [-0.4, -0.2) is 49.2 Å². The maximum absolute atomic E-state index is 12.2. The summed E-state index contributed by atoms with van der Waals surface area (Å²) in [6, 6.07) is 0.386. The number of hydrogen-bond acceptors (Lipinski definition) is 3. The van der Waals surface area contributed by atoms with Gasteiger partial charge in [-0.1, -0.05) is 0 Å². The van der Waals surface area contributed by atoms with Crippen LogP contribution in [0.2, 0.25) is 0 Å². The molecule has 0 saturated carbocycles. The number of hydrogen-bond donors (Lipinski definition) is 1. The molecule has 0 bridgehead atoms. The van der Waals surface area contributed by atoms with Crippen LogP contribution in [0.5, 0.6) is 0 Å². The molecular weight excluding hydrogens is 204 g/mol. The van der Waals surface area contributed by atoms with Gasteiger partial charge in [-0.25, -0.2) is 0 Å². The Bertz CT molecular complexity index is 239. The molecule has 1 amide bonds. The van der Waals surface area contributed by atoms with E-state index in [1.54, 1.807) is 0 Å². The first kappa shape index (κ1) is 11.9. The fraction of sp³-hybridized carbons (Fsp3) is 0.917. The van der Waals surface area contributed by atoms with Gasteiger partial charge < -0.3 is 15.0 Å². The first-order valence-electron chi connectivity index (χ1n) is 6.44. The van der Waals surface area contributed by atoms with Crippen LogP contribution in [0.4, 0.5) is 0 Å². The van der Waals surface area contributed by atoms with Crippen molar-refractivity contribution in [1.29, 1.82) is 0 Å². The van der Waals surface area contributed by atoms with E-state index in [1.807, 2.05) is 11.8 Å². The quantitative estimate of drug-likeness (QED) is 0.769. The molecular formula is C12H22N2O2. The third-order valence-electron chi connectivity index (χ3n) is 3.53. The second-order valence-electron chi connectivity index (χ2n) is 4.64. The zero-order valence-corrected chi connectivity index (χ0v) is 10.1. The summed E-state index contributed by atoms with van der Waals surface area (Å²) in [4.78, 5) is 14.3. The predicted molar refractivity (Wildman–Crippen MR) is 62.3 cm³/mol. The third-order valence-corrected chi connectivity index (χ3v) is 3.53. The third kappa shape index (κ3) is 2.55. The van der Waals surface area contributed by atoms with Crippen molar-refractivity contribution in [2.24, 2.45) is 0 Å². The van der Waals surface area contributed by atoms with Crippen LogP contribution in [0.3, 0.4) is 0 Å². The summed E-state index contributed by atoms with van der Waals surface area (Å²) >= 11 is 0. The van der Waals surface area contributed by atoms with Gasteiger partial charge in [-0.3, -0.25) is 4.79 Å². The highest BCUT2D eigenvalue weighted by Crippen LogP contribution is 2.20. The van der Waals surface area contributed by atoms with E-state index in [1.165, 1.54) is 0 Å². The number of ether oxygens (including phenoxy) is 1. The van der Waals surface area contributed by atoms with Crippen molar-refractivity contribution in [2.75, 3.05) is 26.3 Å². The Morgan fingerprint density at radius 3 is 3.00 bits per heavy atom. The minimum absolute atomic E-state index is 0.0715. The van der Waals surface area contributed by atoms with E-state index in [4.69, 9.17) is 4.74 Å². The Morgan fingerprint density at radius 2 is 2.31 bits per heavy atom. The van der Waals surface area contributed by atoms with E-state index in [-0.39, 0.29) is 6.04 Å². The van der Waals surface area contributed by atoms with E-state index in [2.05, 4.69) is 5.32 Å². The number of likely N-dealkylation sites (tertiary alicyclic amines) is 1. The lowest BCUT2D eigenvalue weighted by atomic mass is 10.2. The van der Waals surface area contributed by atoms with Crippen LogP contribution in [0.1, 0.15) is 32.6 Å². The summed E-state index contributed by atoms with van der Waals surface area (Å²) in [5.74, 6) is 0.291. The van der Waals surface area contributed by atoms with Crippen molar-refractivity contribution < 1.29 is 9.53 Å². The van der Waals surface area contributed by atoms with Gasteiger partial charge in [-0.15, -0.1) is 0 Å². The van der Waals surface area contributed by atoms with E-state index >= 15 is 0 Å². The molecule has 2 rings (SSSR count). The van der Waals surface area contributed by atoms with Crippen LogP contribution in [0.15, 0.2) is 0 Å². The number of carbonyl (C=O) groups excluding carboxylic acids is 1. The molecule has 2 unspecified atom stereocenters. The second-order valence-corrected chi connectivity index (χ2v) is 4.64. The first-order valence-corrected chi connectivity index (χ1v) is 6.44. The molecule has 2 atom stereocenters. The van der Waals surface area contributed by atoms with Gasteiger partial charge in [0, 0.05) is 13.2 Å². The Hall–Kier alpha value is -0.610. The van der Waals surface area contributed by atoms with Crippen molar-refractivity contribution in [3.63, 3.8) is 0 Å². The van der Waals surface area contributed by atoms with Crippen LogP contribution < -0.4 is 5.32 Å². The van der Waals surface area contributed by atoms with Gasteiger partial charge in [0.05, 0.1) is 18.7 Å². The molecule has 1 N–H and O–H groups in total. The number of nitrogens with one attached hydrogen (secondary N) is 1. The lowest BCUT2D eigenvalue weighted by molar-refractivity contribution is -0.135. The topological polar surface area (TPSA) is 41.6 Å². The van der Waals surface area contributed by atoms with E-state index in [0.717, 1.165) is 45.4 Å². The summed E-state index contributed by atoms with van der Waals surface area (Å²) in [7, 11) is 0. The van der Waals surface area contributed by atoms with Crippen LogP contribution in [0.25, 0.3) is 0 Å². The fourth-order valence-electron chi connectivity index (χ4n) is 2.65. The summed E-state index contributed by atoms with van der Waals surface area (Å²) in [6.07, 6.45) is 4.34. The van der Waals surface area contributed by atoms with Crippen molar-refractivity contribution in [3.8, 4) is 0 Å². The molecule has 0 aromatic carbocycles. The summed E-state index contributed by atoms with van der Waals surface area (Å²) in [6.45, 7) is 5.34. The molecule has 0 radical (unpaired) electrons. The van der Waals surface area contributed by atoms with Gasteiger partial charge in [-0.05, 0) is 39.2 Å². The van der Waals surface area contributed by atoms with Gasteiger partial charge in [0.25, 0.3) is 0 Å². The molecule has 0 aliphatic carbocycles. The number of rotatable bonds is 4. The minimum atomic E-state index is 0.0715. The molecule has 0 aromatic heterocycles. The van der Waals surface area contributed by atoms with Gasteiger partial charge in [0.1, 0.15) is 0 Å². The molecule has 2 heterocycles. The van der Waals surface area contributed by atoms with Gasteiger partial charge in [0.15, 0.2) is 0 Å². The van der Waals surface area contributed by atoms with Gasteiger partial charge in [-0.2, -0.15) is 0 Å². The molecule has 2 aliphatic heterocycles. The van der Waals surface area contributed by atoms with Crippen molar-refractivity contribution in [3.05, 3.63) is 0 Å². The van der Waals surface area contributed by atoms with E-state index in [9.17, 15) is 4.79 Å². The molecule has 0 spiro atoms. The second kappa shape index (κ2) is 5.64. The Labute approximate surface area is 97.3 Å². The zero-order chi connectivity index (χ0) is 11.4. The Kier molecular flexibility index (Phi) is 4.18. The number of carbonyl (C=O) groups is 1. The summed E-state index contributed by atoms with van der Waals surface area (Å²) in [5.41, 5.74) is 0. The largest absolute Gasteiger partial charge is 0.380 e. The lowest BCUT2D eigenvalue weighted by Crippen LogP contribution is -2.47.